The number of carbonyl (C=O) groups excluding carboxylic acids is 1. The van der Waals surface area contributed by atoms with Crippen LogP contribution in [0.3, 0.4) is 0 Å². The van der Waals surface area contributed by atoms with Crippen molar-refractivity contribution >= 4 is 34.2 Å². The molecule has 2 nitrogen and oxygen atoms in total. The lowest BCUT2D eigenvalue weighted by Crippen LogP contribution is -2.27. The normalized spacial score (nSPS) is 10.3. The molecule has 0 spiro atoms. The zero-order valence-corrected chi connectivity index (χ0v) is 13.4. The molecule has 0 N–H and O–H groups in total. The molecule has 0 atom stereocenters. The van der Waals surface area contributed by atoms with E-state index in [-0.39, 0.29) is 5.91 Å². The van der Waals surface area contributed by atoms with Gasteiger partial charge in [-0.25, -0.2) is 0 Å². The van der Waals surface area contributed by atoms with E-state index < -0.39 is 0 Å². The Bertz CT molecular complexity index is 622. The monoisotopic (exact) mass is 365 g/mol. The fourth-order valence-corrected chi connectivity index (χ4v) is 2.72. The second-order valence-corrected chi connectivity index (χ2v) is 5.80. The van der Waals surface area contributed by atoms with Gasteiger partial charge in [-0.2, -0.15) is 0 Å². The van der Waals surface area contributed by atoms with Crippen LogP contribution >= 0.6 is 22.6 Å². The van der Waals surface area contributed by atoms with Gasteiger partial charge in [-0.05, 0) is 60.2 Å². The highest BCUT2D eigenvalue weighted by atomic mass is 127. The molecule has 1 amide bonds. The van der Waals surface area contributed by atoms with Crippen molar-refractivity contribution < 1.29 is 4.79 Å². The van der Waals surface area contributed by atoms with Gasteiger partial charge in [-0.1, -0.05) is 29.8 Å². The molecule has 0 radical (unpaired) electrons. The predicted octanol–water partition coefficient (Wildman–Crippen LogP) is 4.18. The third kappa shape index (κ3) is 2.97. The Kier molecular flexibility index (Phi) is 4.24. The van der Waals surface area contributed by atoms with E-state index in [4.69, 9.17) is 0 Å². The van der Waals surface area contributed by atoms with Gasteiger partial charge >= 0.3 is 0 Å². The highest BCUT2D eigenvalue weighted by Gasteiger charge is 2.17. The average molecular weight is 365 g/mol. The summed E-state index contributed by atoms with van der Waals surface area (Å²) in [6.07, 6.45) is 0. The van der Waals surface area contributed by atoms with Crippen LogP contribution in [0.2, 0.25) is 0 Å². The number of anilines is 1. The number of rotatable bonds is 2. The van der Waals surface area contributed by atoms with E-state index in [1.165, 1.54) is 5.56 Å². The van der Waals surface area contributed by atoms with E-state index in [1.54, 1.807) is 4.90 Å². The van der Waals surface area contributed by atoms with Gasteiger partial charge in [0.25, 0.3) is 5.91 Å². The number of aryl methyl sites for hydroxylation is 2. The molecule has 0 fully saturated rings. The van der Waals surface area contributed by atoms with E-state index in [2.05, 4.69) is 35.6 Å². The lowest BCUT2D eigenvalue weighted by atomic mass is 10.1. The summed E-state index contributed by atoms with van der Waals surface area (Å²) < 4.78 is 0.974. The third-order valence-electron chi connectivity index (χ3n) is 3.12. The standard InChI is InChI=1S/C16H16INO/c1-11-8-9-15(12(2)10-11)18(3)16(19)13-6-4-5-7-14(13)17/h4-10H,1-3H3. The van der Waals surface area contributed by atoms with Gasteiger partial charge in [0.1, 0.15) is 0 Å². The second-order valence-electron chi connectivity index (χ2n) is 4.63. The smallest absolute Gasteiger partial charge is 0.259 e. The Labute approximate surface area is 127 Å². The highest BCUT2D eigenvalue weighted by Crippen LogP contribution is 2.23. The molecule has 0 heterocycles. The Morgan fingerprint density at radius 2 is 1.79 bits per heavy atom. The first-order chi connectivity index (χ1) is 9.00. The van der Waals surface area contributed by atoms with Gasteiger partial charge in [-0.3, -0.25) is 4.79 Å². The van der Waals surface area contributed by atoms with E-state index >= 15 is 0 Å². The molecule has 2 aromatic rings. The van der Waals surface area contributed by atoms with Crippen molar-refractivity contribution in [2.75, 3.05) is 11.9 Å². The minimum atomic E-state index is 0.0250. The SMILES string of the molecule is Cc1ccc(N(C)C(=O)c2ccccc2I)c(C)c1. The second kappa shape index (κ2) is 5.74. The number of hydrogen-bond donors (Lipinski definition) is 0. The summed E-state index contributed by atoms with van der Waals surface area (Å²) >= 11 is 2.19. The molecule has 0 saturated heterocycles. The number of benzene rings is 2. The van der Waals surface area contributed by atoms with Crippen LogP contribution in [-0.2, 0) is 0 Å². The summed E-state index contributed by atoms with van der Waals surface area (Å²) in [4.78, 5) is 14.2. The van der Waals surface area contributed by atoms with Gasteiger partial charge in [0.15, 0.2) is 0 Å². The maximum atomic E-state index is 12.5. The summed E-state index contributed by atoms with van der Waals surface area (Å²) in [7, 11) is 1.82. The van der Waals surface area contributed by atoms with E-state index in [1.807, 2.05) is 50.4 Å². The van der Waals surface area contributed by atoms with Crippen LogP contribution in [0.1, 0.15) is 21.5 Å². The zero-order chi connectivity index (χ0) is 14.0. The molecule has 98 valence electrons. The molecule has 0 aliphatic carbocycles. The quantitative estimate of drug-likeness (QED) is 0.731. The Morgan fingerprint density at radius 1 is 1.11 bits per heavy atom. The van der Waals surface area contributed by atoms with Gasteiger partial charge in [0.05, 0.1) is 5.56 Å². The van der Waals surface area contributed by atoms with Crippen LogP contribution < -0.4 is 4.90 Å². The molecule has 0 saturated carbocycles. The van der Waals surface area contributed by atoms with Crippen LogP contribution in [0.4, 0.5) is 5.69 Å². The molecule has 2 rings (SSSR count). The lowest BCUT2D eigenvalue weighted by Gasteiger charge is -2.20. The molecule has 0 unspecified atom stereocenters. The number of nitrogens with zero attached hydrogens (tertiary/aromatic N) is 1. The van der Waals surface area contributed by atoms with Gasteiger partial charge in [0, 0.05) is 16.3 Å². The zero-order valence-electron chi connectivity index (χ0n) is 11.3. The summed E-state index contributed by atoms with van der Waals surface area (Å²) in [5.41, 5.74) is 4.01. The summed E-state index contributed by atoms with van der Waals surface area (Å²) in [5, 5.41) is 0. The Hall–Kier alpha value is -1.36. The maximum absolute atomic E-state index is 12.5. The molecule has 3 heteroatoms. The van der Waals surface area contributed by atoms with Gasteiger partial charge in [0.2, 0.25) is 0 Å². The minimum absolute atomic E-state index is 0.0250. The van der Waals surface area contributed by atoms with E-state index in [9.17, 15) is 4.79 Å². The lowest BCUT2D eigenvalue weighted by molar-refractivity contribution is 0.0992. The predicted molar refractivity (Wildman–Crippen MR) is 87.8 cm³/mol. The van der Waals surface area contributed by atoms with Crippen LogP contribution in [0.25, 0.3) is 0 Å². The summed E-state index contributed by atoms with van der Waals surface area (Å²) in [6.45, 7) is 4.08. The first-order valence-electron chi connectivity index (χ1n) is 6.10. The topological polar surface area (TPSA) is 20.3 Å². The fourth-order valence-electron chi connectivity index (χ4n) is 2.11. The fraction of sp³-hybridized carbons (Fsp3) is 0.188. The molecular formula is C16H16INO. The maximum Gasteiger partial charge on any atom is 0.259 e. The van der Waals surface area contributed by atoms with Crippen LogP contribution in [0.5, 0.6) is 0 Å². The third-order valence-corrected chi connectivity index (χ3v) is 4.06. The van der Waals surface area contributed by atoms with Gasteiger partial charge in [-0.15, -0.1) is 0 Å². The number of hydrogen-bond acceptors (Lipinski definition) is 1. The van der Waals surface area contributed by atoms with Crippen molar-refractivity contribution in [2.24, 2.45) is 0 Å². The summed E-state index contributed by atoms with van der Waals surface area (Å²) in [6, 6.07) is 13.8. The van der Waals surface area contributed by atoms with Crippen LogP contribution in [0, 0.1) is 17.4 Å². The molecule has 0 aliphatic rings. The van der Waals surface area contributed by atoms with E-state index in [0.29, 0.717) is 0 Å². The average Bonchev–Trinajstić information content (AvgIpc) is 2.38. The first kappa shape index (κ1) is 14.1. The molecule has 19 heavy (non-hydrogen) atoms. The van der Waals surface area contributed by atoms with Crippen LogP contribution in [-0.4, -0.2) is 13.0 Å². The van der Waals surface area contributed by atoms with Crippen molar-refractivity contribution in [1.82, 2.24) is 0 Å². The van der Waals surface area contributed by atoms with Crippen molar-refractivity contribution in [3.8, 4) is 0 Å². The number of halogens is 1. The molecular weight excluding hydrogens is 349 g/mol. The van der Waals surface area contributed by atoms with Crippen molar-refractivity contribution in [3.05, 3.63) is 62.7 Å². The Morgan fingerprint density at radius 3 is 2.42 bits per heavy atom. The minimum Gasteiger partial charge on any atom is -0.311 e. The molecule has 2 aromatic carbocycles. The molecule has 0 aliphatic heterocycles. The largest absolute Gasteiger partial charge is 0.311 e. The van der Waals surface area contributed by atoms with Gasteiger partial charge < -0.3 is 4.90 Å². The number of amides is 1. The first-order valence-corrected chi connectivity index (χ1v) is 7.18. The summed E-state index contributed by atoms with van der Waals surface area (Å²) in [5.74, 6) is 0.0250. The van der Waals surface area contributed by atoms with Crippen molar-refractivity contribution in [1.29, 1.82) is 0 Å². The number of carbonyl (C=O) groups is 1. The van der Waals surface area contributed by atoms with Crippen LogP contribution in [0.15, 0.2) is 42.5 Å². The van der Waals surface area contributed by atoms with Crippen molar-refractivity contribution in [2.45, 2.75) is 13.8 Å². The van der Waals surface area contributed by atoms with E-state index in [0.717, 1.165) is 20.4 Å². The Balaban J connectivity index is 2.37. The molecule has 0 bridgehead atoms. The molecule has 0 aromatic heterocycles. The van der Waals surface area contributed by atoms with Crippen molar-refractivity contribution in [3.63, 3.8) is 0 Å². The highest BCUT2D eigenvalue weighted by molar-refractivity contribution is 14.1.